The average molecular weight is 343 g/mol. The van der Waals surface area contributed by atoms with Crippen molar-refractivity contribution in [2.45, 2.75) is 4.90 Å². The quantitative estimate of drug-likeness (QED) is 0.837. The van der Waals surface area contributed by atoms with Crippen molar-refractivity contribution in [1.29, 1.82) is 0 Å². The topological polar surface area (TPSA) is 72.2 Å². The summed E-state index contributed by atoms with van der Waals surface area (Å²) >= 11 is 11.7. The maximum atomic E-state index is 12.1. The van der Waals surface area contributed by atoms with Crippen molar-refractivity contribution in [2.75, 3.05) is 16.8 Å². The summed E-state index contributed by atoms with van der Waals surface area (Å²) < 4.78 is 12.1. The summed E-state index contributed by atoms with van der Waals surface area (Å²) in [5.74, 6) is -0.580. The van der Waals surface area contributed by atoms with Crippen LogP contribution in [0.3, 0.4) is 0 Å². The van der Waals surface area contributed by atoms with Gasteiger partial charge in [-0.3, -0.25) is 9.00 Å². The van der Waals surface area contributed by atoms with Crippen LogP contribution in [0.5, 0.6) is 0 Å². The Morgan fingerprint density at radius 2 is 1.86 bits per heavy atom. The van der Waals surface area contributed by atoms with E-state index in [0.717, 1.165) is 0 Å². The number of nitrogens with two attached hydrogens (primary N) is 1. The van der Waals surface area contributed by atoms with E-state index in [1.54, 1.807) is 36.4 Å². The molecule has 4 nitrogen and oxygen atoms in total. The van der Waals surface area contributed by atoms with Gasteiger partial charge in [0.15, 0.2) is 0 Å². The van der Waals surface area contributed by atoms with Crippen LogP contribution in [-0.4, -0.2) is 15.9 Å². The van der Waals surface area contributed by atoms with Crippen LogP contribution in [0.4, 0.5) is 11.4 Å². The van der Waals surface area contributed by atoms with Gasteiger partial charge in [-0.05, 0) is 30.3 Å². The van der Waals surface area contributed by atoms with Crippen LogP contribution in [0.25, 0.3) is 0 Å². The highest BCUT2D eigenvalue weighted by atomic mass is 35.5. The molecule has 110 valence electrons. The predicted octanol–water partition coefficient (Wildman–Crippen LogP) is 3.32. The molecule has 21 heavy (non-hydrogen) atoms. The number of nitrogens with one attached hydrogen (secondary N) is 1. The number of hydrogen-bond acceptors (Lipinski definition) is 3. The van der Waals surface area contributed by atoms with Crippen molar-refractivity contribution < 1.29 is 9.00 Å². The van der Waals surface area contributed by atoms with Gasteiger partial charge in [0.1, 0.15) is 5.75 Å². The van der Waals surface area contributed by atoms with Gasteiger partial charge in [0.25, 0.3) is 0 Å². The van der Waals surface area contributed by atoms with Gasteiger partial charge in [0, 0.05) is 4.90 Å². The molecule has 7 heteroatoms. The lowest BCUT2D eigenvalue weighted by atomic mass is 10.3. The van der Waals surface area contributed by atoms with E-state index in [1.165, 1.54) is 6.07 Å². The molecule has 0 aromatic heterocycles. The van der Waals surface area contributed by atoms with Crippen molar-refractivity contribution >= 4 is 51.3 Å². The normalized spacial score (nSPS) is 11.9. The van der Waals surface area contributed by atoms with E-state index < -0.39 is 16.7 Å². The smallest absolute Gasteiger partial charge is 0.237 e. The summed E-state index contributed by atoms with van der Waals surface area (Å²) in [6.07, 6.45) is 0. The summed E-state index contributed by atoms with van der Waals surface area (Å²) in [4.78, 5) is 12.3. The van der Waals surface area contributed by atoms with Gasteiger partial charge in [-0.2, -0.15) is 0 Å². The number of carbonyl (C=O) groups is 1. The molecular formula is C14H12Cl2N2O2S. The second kappa shape index (κ2) is 6.93. The minimum atomic E-state index is -1.51. The summed E-state index contributed by atoms with van der Waals surface area (Å²) in [6, 6.07) is 11.5. The highest BCUT2D eigenvalue weighted by Crippen LogP contribution is 2.24. The summed E-state index contributed by atoms with van der Waals surface area (Å²) in [5.41, 5.74) is 6.67. The molecule has 3 N–H and O–H groups in total. The van der Waals surface area contributed by atoms with Gasteiger partial charge in [0.2, 0.25) is 5.91 Å². The Morgan fingerprint density at radius 1 is 1.14 bits per heavy atom. The molecule has 2 aromatic carbocycles. The van der Waals surface area contributed by atoms with Crippen molar-refractivity contribution in [3.8, 4) is 0 Å². The van der Waals surface area contributed by atoms with E-state index in [0.29, 0.717) is 26.3 Å². The standard InChI is InChI=1S/C14H12Cl2N2O2S/c15-10-6-5-9(7-11(10)16)21(20)8-14(19)18-13-4-2-1-3-12(13)17/h1-7H,8,17H2,(H,18,19). The number of amides is 1. The van der Waals surface area contributed by atoms with Crippen molar-refractivity contribution in [1.82, 2.24) is 0 Å². The number of rotatable bonds is 4. The molecule has 0 radical (unpaired) electrons. The molecule has 0 saturated heterocycles. The molecule has 2 aromatic rings. The van der Waals surface area contributed by atoms with Crippen LogP contribution in [0.2, 0.25) is 10.0 Å². The molecule has 1 amide bonds. The third-order valence-electron chi connectivity index (χ3n) is 2.65. The highest BCUT2D eigenvalue weighted by Gasteiger charge is 2.12. The number of anilines is 2. The Hall–Kier alpha value is -1.56. The van der Waals surface area contributed by atoms with Crippen LogP contribution in [0.15, 0.2) is 47.4 Å². The first-order chi connectivity index (χ1) is 9.97. The minimum absolute atomic E-state index is 0.188. The lowest BCUT2D eigenvalue weighted by molar-refractivity contribution is -0.113. The SMILES string of the molecule is Nc1ccccc1NC(=O)CS(=O)c1ccc(Cl)c(Cl)c1. The maximum absolute atomic E-state index is 12.1. The molecule has 2 rings (SSSR count). The van der Waals surface area contributed by atoms with Gasteiger partial charge in [-0.25, -0.2) is 0 Å². The van der Waals surface area contributed by atoms with Crippen molar-refractivity contribution in [3.63, 3.8) is 0 Å². The molecule has 0 bridgehead atoms. The fourth-order valence-electron chi connectivity index (χ4n) is 1.62. The average Bonchev–Trinajstić information content (AvgIpc) is 2.44. The number of para-hydroxylation sites is 2. The third-order valence-corrected chi connectivity index (χ3v) is 4.69. The molecule has 0 saturated carbocycles. The fourth-order valence-corrected chi connectivity index (χ4v) is 2.93. The molecule has 0 fully saturated rings. The van der Waals surface area contributed by atoms with E-state index >= 15 is 0 Å². The zero-order chi connectivity index (χ0) is 15.4. The summed E-state index contributed by atoms with van der Waals surface area (Å²) in [7, 11) is -1.51. The minimum Gasteiger partial charge on any atom is -0.397 e. The van der Waals surface area contributed by atoms with E-state index in [-0.39, 0.29) is 5.75 Å². The molecule has 0 aliphatic heterocycles. The van der Waals surface area contributed by atoms with E-state index in [2.05, 4.69) is 5.32 Å². The van der Waals surface area contributed by atoms with Crippen molar-refractivity contribution in [3.05, 3.63) is 52.5 Å². The molecular weight excluding hydrogens is 331 g/mol. The zero-order valence-corrected chi connectivity index (χ0v) is 13.1. The zero-order valence-electron chi connectivity index (χ0n) is 10.8. The monoisotopic (exact) mass is 342 g/mol. The van der Waals surface area contributed by atoms with Crippen LogP contribution in [0, 0.1) is 0 Å². The molecule has 0 spiro atoms. The second-order valence-electron chi connectivity index (χ2n) is 4.20. The fraction of sp³-hybridized carbons (Fsp3) is 0.0714. The van der Waals surface area contributed by atoms with Gasteiger partial charge in [-0.15, -0.1) is 0 Å². The first kappa shape index (κ1) is 15.8. The third kappa shape index (κ3) is 4.20. The van der Waals surface area contributed by atoms with Crippen LogP contribution in [-0.2, 0) is 15.6 Å². The van der Waals surface area contributed by atoms with Crippen LogP contribution in [0.1, 0.15) is 0 Å². The van der Waals surface area contributed by atoms with Gasteiger partial charge < -0.3 is 11.1 Å². The maximum Gasteiger partial charge on any atom is 0.237 e. The Bertz CT molecular complexity index is 707. The number of nitrogen functional groups attached to an aromatic ring is 1. The summed E-state index contributed by atoms with van der Waals surface area (Å²) in [5, 5.41) is 3.30. The number of benzene rings is 2. The van der Waals surface area contributed by atoms with Crippen molar-refractivity contribution in [2.24, 2.45) is 0 Å². The molecule has 1 atom stereocenters. The van der Waals surface area contributed by atoms with Crippen LogP contribution >= 0.6 is 23.2 Å². The number of carbonyl (C=O) groups excluding carboxylic acids is 1. The number of halogens is 2. The van der Waals surface area contributed by atoms with E-state index in [4.69, 9.17) is 28.9 Å². The molecule has 0 aliphatic rings. The van der Waals surface area contributed by atoms with Gasteiger partial charge in [0.05, 0.1) is 32.2 Å². The second-order valence-corrected chi connectivity index (χ2v) is 6.47. The molecule has 1 unspecified atom stereocenters. The van der Waals surface area contributed by atoms with Gasteiger partial charge >= 0.3 is 0 Å². The summed E-state index contributed by atoms with van der Waals surface area (Å²) in [6.45, 7) is 0. The van der Waals surface area contributed by atoms with Crippen LogP contribution < -0.4 is 11.1 Å². The van der Waals surface area contributed by atoms with Gasteiger partial charge in [-0.1, -0.05) is 35.3 Å². The Balaban J connectivity index is 2.04. The molecule has 0 aliphatic carbocycles. The lowest BCUT2D eigenvalue weighted by Crippen LogP contribution is -2.20. The Kier molecular flexibility index (Phi) is 5.22. The Labute approximate surface area is 134 Å². The lowest BCUT2D eigenvalue weighted by Gasteiger charge is -2.08. The van der Waals surface area contributed by atoms with E-state index in [9.17, 15) is 9.00 Å². The highest BCUT2D eigenvalue weighted by molar-refractivity contribution is 7.85. The number of hydrogen-bond donors (Lipinski definition) is 2. The first-order valence-corrected chi connectivity index (χ1v) is 8.02. The predicted molar refractivity (Wildman–Crippen MR) is 87.2 cm³/mol. The van der Waals surface area contributed by atoms with E-state index in [1.807, 2.05) is 0 Å². The first-order valence-electron chi connectivity index (χ1n) is 5.95. The largest absolute Gasteiger partial charge is 0.397 e. The Morgan fingerprint density at radius 3 is 2.52 bits per heavy atom. The molecule has 0 heterocycles.